The lowest BCUT2D eigenvalue weighted by Crippen LogP contribution is -2.70. The van der Waals surface area contributed by atoms with E-state index in [2.05, 4.69) is 41.8 Å². The Morgan fingerprint density at radius 2 is 1.67 bits per heavy atom. The molecular formula is C12H17N11O4. The van der Waals surface area contributed by atoms with Gasteiger partial charge in [-0.25, -0.2) is 0 Å². The molecule has 15 heteroatoms. The van der Waals surface area contributed by atoms with Crippen LogP contribution in [0.5, 0.6) is 0 Å². The van der Waals surface area contributed by atoms with Gasteiger partial charge < -0.3 is 4.90 Å². The van der Waals surface area contributed by atoms with Crippen LogP contribution in [0.1, 0.15) is 11.4 Å². The molecule has 0 aromatic carbocycles. The van der Waals surface area contributed by atoms with E-state index in [9.17, 15) is 20.2 Å². The highest BCUT2D eigenvalue weighted by Crippen LogP contribution is 2.27. The van der Waals surface area contributed by atoms with Crippen LogP contribution in [0, 0.1) is 34.1 Å². The van der Waals surface area contributed by atoms with E-state index in [0.717, 1.165) is 5.69 Å². The van der Waals surface area contributed by atoms with Gasteiger partial charge in [0.05, 0.1) is 5.69 Å². The zero-order chi connectivity index (χ0) is 20.2. The molecule has 2 aromatic rings. The highest BCUT2D eigenvalue weighted by molar-refractivity contribution is 5.34. The number of nitro groups is 2. The van der Waals surface area contributed by atoms with Gasteiger partial charge in [-0.15, -0.1) is 25.5 Å². The molecule has 2 aromatic heterocycles. The van der Waals surface area contributed by atoms with Gasteiger partial charge in [0.15, 0.2) is 13.1 Å². The molecule has 0 saturated carbocycles. The van der Waals surface area contributed by atoms with Crippen LogP contribution in [0.25, 0.3) is 0 Å². The summed E-state index contributed by atoms with van der Waals surface area (Å²) >= 11 is 0. The van der Waals surface area contributed by atoms with Gasteiger partial charge in [-0.2, -0.15) is 10.2 Å². The summed E-state index contributed by atoms with van der Waals surface area (Å²) in [5, 5.41) is 46.7. The second-order valence-electron chi connectivity index (χ2n) is 5.70. The minimum atomic E-state index is -2.22. The molecule has 1 saturated heterocycles. The van der Waals surface area contributed by atoms with Crippen molar-refractivity contribution in [1.29, 1.82) is 0 Å². The Morgan fingerprint density at radius 1 is 1.11 bits per heavy atom. The zero-order valence-corrected chi connectivity index (χ0v) is 15.0. The molecule has 3 heterocycles. The Hall–Kier alpha value is -3.65. The molecule has 1 aliphatic rings. The van der Waals surface area contributed by atoms with E-state index in [0.29, 0.717) is 0 Å². The van der Waals surface area contributed by atoms with Crippen molar-refractivity contribution in [2.45, 2.75) is 19.5 Å². The van der Waals surface area contributed by atoms with E-state index in [1.807, 2.05) is 25.6 Å². The first kappa shape index (κ1) is 19.7. The molecule has 3 rings (SSSR count). The summed E-state index contributed by atoms with van der Waals surface area (Å²) in [6.45, 7) is 3.16. The number of aromatic nitrogens is 6. The number of rotatable bonds is 4. The molecule has 0 spiro atoms. The first-order valence-electron chi connectivity index (χ1n) is 7.58. The zero-order valence-electron chi connectivity index (χ0n) is 15.0. The fourth-order valence-electron chi connectivity index (χ4n) is 2.22. The van der Waals surface area contributed by atoms with Crippen LogP contribution in [0.2, 0.25) is 0 Å². The fourth-order valence-corrected chi connectivity index (χ4v) is 2.22. The number of nitrogens with zero attached hydrogens (tertiary/aromatic N) is 11. The highest BCUT2D eigenvalue weighted by atomic mass is 16.7. The van der Waals surface area contributed by atoms with Crippen LogP contribution >= 0.6 is 0 Å². The van der Waals surface area contributed by atoms with Gasteiger partial charge in [0.25, 0.3) is 5.95 Å². The van der Waals surface area contributed by atoms with Gasteiger partial charge in [-0.1, -0.05) is 0 Å². The first-order chi connectivity index (χ1) is 12.7. The molecule has 27 heavy (non-hydrogen) atoms. The Kier molecular flexibility index (Phi) is 5.62. The lowest BCUT2D eigenvalue weighted by Gasteiger charge is -2.35. The van der Waals surface area contributed by atoms with Crippen molar-refractivity contribution in [3.8, 4) is 0 Å². The van der Waals surface area contributed by atoms with Crippen LogP contribution in [0.4, 0.5) is 11.9 Å². The fraction of sp³-hybridized carbons (Fsp3) is 0.583. The summed E-state index contributed by atoms with van der Waals surface area (Å²) in [5.41, 5.74) is 0.0815. The summed E-state index contributed by atoms with van der Waals surface area (Å²) in [5.74, 6) is -0.101. The molecule has 0 amide bonds. The molecule has 0 bridgehead atoms. The van der Waals surface area contributed by atoms with E-state index < -0.39 is 28.6 Å². The van der Waals surface area contributed by atoms with E-state index >= 15 is 0 Å². The number of hydrogen-bond acceptors (Lipinski definition) is 12. The third-order valence-corrected chi connectivity index (χ3v) is 3.73. The lowest BCUT2D eigenvalue weighted by molar-refractivity contribution is -0.799. The van der Waals surface area contributed by atoms with Crippen molar-refractivity contribution < 1.29 is 9.85 Å². The Morgan fingerprint density at radius 3 is 2.00 bits per heavy atom. The van der Waals surface area contributed by atoms with Crippen molar-refractivity contribution in [2.24, 2.45) is 17.3 Å². The van der Waals surface area contributed by atoms with Crippen LogP contribution in [-0.2, 0) is 7.05 Å². The van der Waals surface area contributed by atoms with E-state index in [-0.39, 0.29) is 11.9 Å². The molecule has 0 radical (unpaired) electrons. The van der Waals surface area contributed by atoms with Gasteiger partial charge in [0.2, 0.25) is 0 Å². The average Bonchev–Trinajstić information content (AvgIpc) is 2.84. The standard InChI is InChI=1S/C6H7N9O4.C6H10N2/c1-7-8-4-9-11-5(12-10-4)13-2-6(3-13,14(16)17)15(18)19;1-5-4-6(2)8(3)7-5/h2-3H2,1H3;4H,1-3H3. The molecule has 1 aliphatic heterocycles. The van der Waals surface area contributed by atoms with Gasteiger partial charge in [0.1, 0.15) is 9.85 Å². The highest BCUT2D eigenvalue weighted by Gasteiger charge is 2.67. The van der Waals surface area contributed by atoms with Crippen LogP contribution in [0.3, 0.4) is 0 Å². The predicted octanol–water partition coefficient (Wildman–Crippen LogP) is 0.0867. The van der Waals surface area contributed by atoms with E-state index in [1.165, 1.54) is 17.6 Å². The maximum Gasteiger partial charge on any atom is 0.492 e. The largest absolute Gasteiger partial charge is 0.492 e. The monoisotopic (exact) mass is 379 g/mol. The summed E-state index contributed by atoms with van der Waals surface area (Å²) in [7, 11) is 3.36. The van der Waals surface area contributed by atoms with Gasteiger partial charge in [-0.05, 0) is 19.9 Å². The van der Waals surface area contributed by atoms with E-state index in [1.54, 1.807) is 0 Å². The second kappa shape index (κ2) is 7.71. The number of azo groups is 1. The maximum atomic E-state index is 10.7. The maximum absolute atomic E-state index is 10.7. The topological polar surface area (TPSA) is 184 Å². The Bertz CT molecular complexity index is 821. The Labute approximate surface area is 152 Å². The molecular weight excluding hydrogens is 362 g/mol. The molecule has 1 fully saturated rings. The summed E-state index contributed by atoms with van der Waals surface area (Å²) < 4.78 is 1.87. The average molecular weight is 379 g/mol. The summed E-state index contributed by atoms with van der Waals surface area (Å²) in [6, 6.07) is 2.06. The van der Waals surface area contributed by atoms with Crippen molar-refractivity contribution in [1.82, 2.24) is 30.2 Å². The predicted molar refractivity (Wildman–Crippen MR) is 89.7 cm³/mol. The van der Waals surface area contributed by atoms with Crippen LogP contribution < -0.4 is 4.90 Å². The smallest absolute Gasteiger partial charge is 0.309 e. The van der Waals surface area contributed by atoms with Crippen molar-refractivity contribution in [3.63, 3.8) is 0 Å². The van der Waals surface area contributed by atoms with Crippen molar-refractivity contribution in [3.05, 3.63) is 37.7 Å². The SMILES string of the molecule is CN=Nc1nnc(N2CC([N+](=O)[O-])([N+](=O)[O-])C2)nn1.Cc1cc(C)n(C)n1. The van der Waals surface area contributed by atoms with E-state index in [4.69, 9.17) is 0 Å². The van der Waals surface area contributed by atoms with Gasteiger partial charge in [-0.3, -0.25) is 24.9 Å². The number of aryl methyl sites for hydroxylation is 3. The third-order valence-electron chi connectivity index (χ3n) is 3.73. The minimum absolute atomic E-state index is 0.0330. The van der Waals surface area contributed by atoms with Crippen LogP contribution in [0.15, 0.2) is 16.3 Å². The minimum Gasteiger partial charge on any atom is -0.309 e. The van der Waals surface area contributed by atoms with Gasteiger partial charge >= 0.3 is 11.6 Å². The summed E-state index contributed by atoms with van der Waals surface area (Å²) in [4.78, 5) is 20.8. The summed E-state index contributed by atoms with van der Waals surface area (Å²) in [6.07, 6.45) is 0. The van der Waals surface area contributed by atoms with Crippen LogP contribution in [-0.4, -0.2) is 65.8 Å². The first-order valence-corrected chi connectivity index (χ1v) is 7.58. The molecule has 144 valence electrons. The Balaban J connectivity index is 0.000000273. The van der Waals surface area contributed by atoms with Crippen molar-refractivity contribution >= 4 is 11.9 Å². The quantitative estimate of drug-likeness (QED) is 0.305. The number of anilines is 1. The molecule has 0 N–H and O–H groups in total. The number of hydrogen-bond donors (Lipinski definition) is 0. The second-order valence-corrected chi connectivity index (χ2v) is 5.70. The third kappa shape index (κ3) is 4.13. The normalized spacial score (nSPS) is 15.0. The molecule has 0 atom stereocenters. The van der Waals surface area contributed by atoms with Gasteiger partial charge in [0, 0.05) is 19.8 Å². The molecule has 0 unspecified atom stereocenters. The lowest BCUT2D eigenvalue weighted by atomic mass is 10.0. The molecule has 15 nitrogen and oxygen atoms in total. The molecule has 0 aliphatic carbocycles. The van der Waals surface area contributed by atoms with Crippen molar-refractivity contribution in [2.75, 3.05) is 25.0 Å².